The molecule has 1 aromatic heterocycles. The third kappa shape index (κ3) is 2.82. The highest BCUT2D eigenvalue weighted by Crippen LogP contribution is 2.28. The van der Waals surface area contributed by atoms with Gasteiger partial charge in [0, 0.05) is 19.2 Å². The van der Waals surface area contributed by atoms with Crippen LogP contribution in [-0.2, 0) is 16.6 Å². The zero-order chi connectivity index (χ0) is 15.8. The average molecular weight is 308 g/mol. The molecule has 0 saturated carbocycles. The first kappa shape index (κ1) is 15.6. The molecule has 0 fully saturated rings. The minimum atomic E-state index is -3.65. The molecule has 2 N–H and O–H groups in total. The number of nitrogen functional groups attached to an aromatic ring is 1. The highest BCUT2D eigenvalue weighted by Gasteiger charge is 2.26. The highest BCUT2D eigenvalue weighted by atomic mass is 32.2. The molecule has 0 saturated heterocycles. The van der Waals surface area contributed by atoms with E-state index in [1.165, 1.54) is 4.31 Å². The van der Waals surface area contributed by atoms with Crippen LogP contribution in [0.25, 0.3) is 0 Å². The first-order valence-corrected chi connectivity index (χ1v) is 8.04. The lowest BCUT2D eigenvalue weighted by Gasteiger charge is -2.20. The second-order valence-electron chi connectivity index (χ2n) is 5.19. The van der Waals surface area contributed by atoms with Gasteiger partial charge in [-0.2, -0.15) is 4.31 Å². The second kappa shape index (κ2) is 5.54. The van der Waals surface area contributed by atoms with Gasteiger partial charge >= 0.3 is 0 Å². The average Bonchev–Trinajstić information content (AvgIpc) is 2.80. The number of hydrogen-bond acceptors (Lipinski definition) is 4. The van der Waals surface area contributed by atoms with Gasteiger partial charge in [-0.15, -0.1) is 0 Å². The summed E-state index contributed by atoms with van der Waals surface area (Å²) in [5, 5.41) is 0. The van der Waals surface area contributed by atoms with E-state index in [9.17, 15) is 8.42 Å². The number of hydrogen-bond donors (Lipinski definition) is 1. The van der Waals surface area contributed by atoms with E-state index in [2.05, 4.69) is 0 Å². The number of nitrogens with zero attached hydrogens (tertiary/aromatic N) is 1. The van der Waals surface area contributed by atoms with Gasteiger partial charge in [-0.3, -0.25) is 0 Å². The summed E-state index contributed by atoms with van der Waals surface area (Å²) in [5.41, 5.74) is 8.59. The van der Waals surface area contributed by atoms with Crippen LogP contribution in [0.4, 0.5) is 5.69 Å². The van der Waals surface area contributed by atoms with Crippen molar-refractivity contribution in [3.05, 3.63) is 46.9 Å². The molecule has 2 aromatic rings. The summed E-state index contributed by atoms with van der Waals surface area (Å²) in [4.78, 5) is 0.186. The van der Waals surface area contributed by atoms with Crippen LogP contribution in [0.15, 0.2) is 33.8 Å². The van der Waals surface area contributed by atoms with E-state index >= 15 is 0 Å². The van der Waals surface area contributed by atoms with E-state index in [4.69, 9.17) is 10.2 Å². The molecule has 1 heterocycles. The Morgan fingerprint density at radius 3 is 2.43 bits per heavy atom. The SMILES string of the molecule is Cc1ccc(N)c(S(=O)(=O)N(C)Cc2ccoc2C)c1C. The van der Waals surface area contributed by atoms with Crippen LogP contribution in [0, 0.1) is 20.8 Å². The van der Waals surface area contributed by atoms with E-state index < -0.39 is 10.0 Å². The molecule has 0 bridgehead atoms. The maximum atomic E-state index is 12.8. The Kier molecular flexibility index (Phi) is 4.11. The van der Waals surface area contributed by atoms with Gasteiger partial charge in [-0.1, -0.05) is 6.07 Å². The lowest BCUT2D eigenvalue weighted by atomic mass is 10.1. The number of furan rings is 1. The van der Waals surface area contributed by atoms with Crippen LogP contribution in [0.2, 0.25) is 0 Å². The fourth-order valence-electron chi connectivity index (χ4n) is 2.21. The fraction of sp³-hybridized carbons (Fsp3) is 0.333. The third-order valence-corrected chi connectivity index (χ3v) is 5.74. The zero-order valence-electron chi connectivity index (χ0n) is 12.7. The summed E-state index contributed by atoms with van der Waals surface area (Å²) < 4.78 is 32.1. The highest BCUT2D eigenvalue weighted by molar-refractivity contribution is 7.89. The van der Waals surface area contributed by atoms with Gasteiger partial charge in [0.15, 0.2) is 0 Å². The van der Waals surface area contributed by atoms with Crippen molar-refractivity contribution >= 4 is 15.7 Å². The fourth-order valence-corrected chi connectivity index (χ4v) is 3.74. The number of nitrogens with two attached hydrogens (primary N) is 1. The quantitative estimate of drug-likeness (QED) is 0.881. The topological polar surface area (TPSA) is 76.5 Å². The molecule has 21 heavy (non-hydrogen) atoms. The van der Waals surface area contributed by atoms with Crippen molar-refractivity contribution in [3.8, 4) is 0 Å². The Hall–Kier alpha value is -1.79. The first-order chi connectivity index (χ1) is 9.75. The van der Waals surface area contributed by atoms with Crippen LogP contribution in [-0.4, -0.2) is 19.8 Å². The normalized spacial score (nSPS) is 12.0. The van der Waals surface area contributed by atoms with Crippen LogP contribution in [0.3, 0.4) is 0 Å². The van der Waals surface area contributed by atoms with Crippen LogP contribution < -0.4 is 5.73 Å². The van der Waals surface area contributed by atoms with E-state index in [0.717, 1.165) is 11.1 Å². The molecule has 0 spiro atoms. The molecule has 0 amide bonds. The van der Waals surface area contributed by atoms with E-state index in [0.29, 0.717) is 11.3 Å². The summed E-state index contributed by atoms with van der Waals surface area (Å²) in [6.45, 7) is 5.70. The van der Waals surface area contributed by atoms with Crippen LogP contribution in [0.5, 0.6) is 0 Å². The molecule has 6 heteroatoms. The van der Waals surface area contributed by atoms with Crippen molar-refractivity contribution in [2.75, 3.05) is 12.8 Å². The smallest absolute Gasteiger partial charge is 0.245 e. The molecule has 2 rings (SSSR count). The summed E-state index contributed by atoms with van der Waals surface area (Å²) in [5.74, 6) is 0.714. The molecule has 0 unspecified atom stereocenters. The summed E-state index contributed by atoms with van der Waals surface area (Å²) in [7, 11) is -2.10. The van der Waals surface area contributed by atoms with Crippen molar-refractivity contribution in [3.63, 3.8) is 0 Å². The Morgan fingerprint density at radius 2 is 1.86 bits per heavy atom. The Labute approximate surface area is 125 Å². The first-order valence-electron chi connectivity index (χ1n) is 6.60. The van der Waals surface area contributed by atoms with Gasteiger partial charge in [0.05, 0.1) is 12.0 Å². The van der Waals surface area contributed by atoms with Crippen molar-refractivity contribution in [2.45, 2.75) is 32.2 Å². The molecular weight excluding hydrogens is 288 g/mol. The zero-order valence-corrected chi connectivity index (χ0v) is 13.5. The maximum Gasteiger partial charge on any atom is 0.245 e. The molecule has 0 aliphatic heterocycles. The predicted molar refractivity (Wildman–Crippen MR) is 82.4 cm³/mol. The van der Waals surface area contributed by atoms with Crippen LogP contribution in [0.1, 0.15) is 22.5 Å². The molecule has 0 radical (unpaired) electrons. The van der Waals surface area contributed by atoms with Crippen molar-refractivity contribution < 1.29 is 12.8 Å². The minimum absolute atomic E-state index is 0.186. The molecule has 1 aromatic carbocycles. The third-order valence-electron chi connectivity index (χ3n) is 3.73. The van der Waals surface area contributed by atoms with Gasteiger partial charge in [0.2, 0.25) is 10.0 Å². The Balaban J connectivity index is 2.43. The van der Waals surface area contributed by atoms with Gasteiger partial charge < -0.3 is 10.2 Å². The molecular formula is C15H20N2O3S. The Bertz CT molecular complexity index is 763. The van der Waals surface area contributed by atoms with Gasteiger partial charge in [-0.25, -0.2) is 8.42 Å². The van der Waals surface area contributed by atoms with E-state index in [-0.39, 0.29) is 17.1 Å². The maximum absolute atomic E-state index is 12.8. The van der Waals surface area contributed by atoms with E-state index in [1.807, 2.05) is 19.9 Å². The predicted octanol–water partition coefficient (Wildman–Crippen LogP) is 2.61. The largest absolute Gasteiger partial charge is 0.469 e. The lowest BCUT2D eigenvalue weighted by molar-refractivity contribution is 0.459. The summed E-state index contributed by atoms with van der Waals surface area (Å²) in [6.07, 6.45) is 1.55. The number of sulfonamides is 1. The van der Waals surface area contributed by atoms with Crippen LogP contribution >= 0.6 is 0 Å². The van der Waals surface area contributed by atoms with Gasteiger partial charge in [0.1, 0.15) is 10.7 Å². The molecule has 114 valence electrons. The van der Waals surface area contributed by atoms with Gasteiger partial charge in [-0.05, 0) is 44.0 Å². The lowest BCUT2D eigenvalue weighted by Crippen LogP contribution is -2.28. The monoisotopic (exact) mass is 308 g/mol. The standard InChI is InChI=1S/C15H20N2O3S/c1-10-5-6-14(16)15(11(10)2)21(18,19)17(4)9-13-7-8-20-12(13)3/h5-8H,9,16H2,1-4H3. The Morgan fingerprint density at radius 1 is 1.19 bits per heavy atom. The number of rotatable bonds is 4. The molecule has 5 nitrogen and oxygen atoms in total. The second-order valence-corrected chi connectivity index (χ2v) is 7.17. The van der Waals surface area contributed by atoms with Gasteiger partial charge in [0.25, 0.3) is 0 Å². The minimum Gasteiger partial charge on any atom is -0.469 e. The molecule has 0 aliphatic rings. The summed E-state index contributed by atoms with van der Waals surface area (Å²) in [6, 6.07) is 5.23. The molecule has 0 atom stereocenters. The summed E-state index contributed by atoms with van der Waals surface area (Å²) >= 11 is 0. The van der Waals surface area contributed by atoms with Crippen molar-refractivity contribution in [2.24, 2.45) is 0 Å². The van der Waals surface area contributed by atoms with Crippen molar-refractivity contribution in [1.82, 2.24) is 4.31 Å². The molecule has 0 aliphatic carbocycles. The number of anilines is 1. The van der Waals surface area contributed by atoms with Crippen molar-refractivity contribution in [1.29, 1.82) is 0 Å². The number of benzene rings is 1. The van der Waals surface area contributed by atoms with E-state index in [1.54, 1.807) is 32.4 Å². The number of aryl methyl sites for hydroxylation is 2.